The Morgan fingerprint density at radius 2 is 1.90 bits per heavy atom. The summed E-state index contributed by atoms with van der Waals surface area (Å²) in [5, 5.41) is 20.2. The summed E-state index contributed by atoms with van der Waals surface area (Å²) in [5.74, 6) is 0.751. The number of methoxy groups -OCH3 is 2. The van der Waals surface area contributed by atoms with Crippen LogP contribution in [0.5, 0.6) is 17.2 Å². The highest BCUT2D eigenvalue weighted by Crippen LogP contribution is 2.46. The molecular formula is C16H16O5. The Balaban J connectivity index is 2.19. The predicted molar refractivity (Wildman–Crippen MR) is 76.4 cm³/mol. The standard InChI is InChI=1S/C16H16O5/c1-19-13-7-6-10(14(17)15(13)20-2)9-4-3-5-11-12(9)8-21-16(11)18/h3-7,16-18H,8H2,1-2H3. The van der Waals surface area contributed by atoms with Crippen LogP contribution in [0.1, 0.15) is 17.4 Å². The van der Waals surface area contributed by atoms with Gasteiger partial charge in [0.05, 0.1) is 20.8 Å². The topological polar surface area (TPSA) is 68.2 Å². The van der Waals surface area contributed by atoms with Gasteiger partial charge in [0, 0.05) is 11.1 Å². The Kier molecular flexibility index (Phi) is 3.45. The van der Waals surface area contributed by atoms with E-state index in [0.29, 0.717) is 17.9 Å². The lowest BCUT2D eigenvalue weighted by atomic mass is 9.95. The second-order valence-corrected chi connectivity index (χ2v) is 4.73. The molecule has 2 aromatic carbocycles. The molecule has 110 valence electrons. The molecule has 0 bridgehead atoms. The van der Waals surface area contributed by atoms with Gasteiger partial charge < -0.3 is 24.4 Å². The van der Waals surface area contributed by atoms with Crippen LogP contribution in [0.4, 0.5) is 0 Å². The average Bonchev–Trinajstić information content (AvgIpc) is 2.88. The van der Waals surface area contributed by atoms with Crippen molar-refractivity contribution in [1.29, 1.82) is 0 Å². The maximum absolute atomic E-state index is 10.4. The number of hydrogen-bond acceptors (Lipinski definition) is 5. The van der Waals surface area contributed by atoms with Crippen molar-refractivity contribution < 1.29 is 24.4 Å². The van der Waals surface area contributed by atoms with Crippen LogP contribution in [-0.2, 0) is 11.3 Å². The fourth-order valence-corrected chi connectivity index (χ4v) is 2.63. The molecule has 1 heterocycles. The van der Waals surface area contributed by atoms with E-state index in [1.165, 1.54) is 14.2 Å². The van der Waals surface area contributed by atoms with Crippen LogP contribution in [-0.4, -0.2) is 24.4 Å². The lowest BCUT2D eigenvalue weighted by Crippen LogP contribution is -1.95. The van der Waals surface area contributed by atoms with E-state index in [2.05, 4.69) is 0 Å². The van der Waals surface area contributed by atoms with Crippen molar-refractivity contribution in [3.8, 4) is 28.4 Å². The van der Waals surface area contributed by atoms with Crippen molar-refractivity contribution in [2.45, 2.75) is 12.9 Å². The maximum atomic E-state index is 10.4. The van der Waals surface area contributed by atoms with Crippen molar-refractivity contribution in [2.24, 2.45) is 0 Å². The van der Waals surface area contributed by atoms with E-state index in [9.17, 15) is 10.2 Å². The van der Waals surface area contributed by atoms with E-state index in [1.54, 1.807) is 12.1 Å². The van der Waals surface area contributed by atoms with Gasteiger partial charge in [0.2, 0.25) is 5.75 Å². The van der Waals surface area contributed by atoms with Gasteiger partial charge in [-0.2, -0.15) is 0 Å². The molecule has 1 aliphatic rings. The Bertz CT molecular complexity index is 681. The van der Waals surface area contributed by atoms with Crippen molar-refractivity contribution in [3.05, 3.63) is 41.5 Å². The lowest BCUT2D eigenvalue weighted by molar-refractivity contribution is -0.0918. The molecule has 0 spiro atoms. The van der Waals surface area contributed by atoms with Gasteiger partial charge in [0.25, 0.3) is 0 Å². The Labute approximate surface area is 122 Å². The SMILES string of the molecule is COc1ccc(-c2cccc3c2COC3O)c(O)c1OC. The summed E-state index contributed by atoms with van der Waals surface area (Å²) < 4.78 is 15.6. The highest BCUT2D eigenvalue weighted by atomic mass is 16.6. The third kappa shape index (κ3) is 2.11. The van der Waals surface area contributed by atoms with E-state index < -0.39 is 6.29 Å². The number of phenolic OH excluding ortho intramolecular Hbond substituents is 1. The number of rotatable bonds is 3. The Morgan fingerprint density at radius 1 is 1.10 bits per heavy atom. The summed E-state index contributed by atoms with van der Waals surface area (Å²) in [4.78, 5) is 0. The highest BCUT2D eigenvalue weighted by molar-refractivity contribution is 5.78. The van der Waals surface area contributed by atoms with Crippen molar-refractivity contribution in [1.82, 2.24) is 0 Å². The third-order valence-corrected chi connectivity index (χ3v) is 3.67. The van der Waals surface area contributed by atoms with E-state index in [-0.39, 0.29) is 11.5 Å². The molecule has 0 aromatic heterocycles. The summed E-state index contributed by atoms with van der Waals surface area (Å²) in [6, 6.07) is 9.01. The second kappa shape index (κ2) is 5.27. The molecule has 0 amide bonds. The molecule has 1 unspecified atom stereocenters. The molecule has 1 aliphatic heterocycles. The van der Waals surface area contributed by atoms with E-state index in [4.69, 9.17) is 14.2 Å². The largest absolute Gasteiger partial charge is 0.504 e. The summed E-state index contributed by atoms with van der Waals surface area (Å²) in [6.07, 6.45) is -0.915. The quantitative estimate of drug-likeness (QED) is 0.908. The number of hydrogen-bond donors (Lipinski definition) is 2. The van der Waals surface area contributed by atoms with Gasteiger partial charge in [-0.15, -0.1) is 0 Å². The molecule has 0 aliphatic carbocycles. The van der Waals surface area contributed by atoms with Crippen LogP contribution in [0, 0.1) is 0 Å². The number of fused-ring (bicyclic) bond motifs is 1. The van der Waals surface area contributed by atoms with Gasteiger partial charge in [-0.3, -0.25) is 0 Å². The number of aromatic hydroxyl groups is 1. The van der Waals surface area contributed by atoms with Gasteiger partial charge in [-0.1, -0.05) is 18.2 Å². The molecule has 0 fully saturated rings. The van der Waals surface area contributed by atoms with Gasteiger partial charge in [0.15, 0.2) is 17.8 Å². The first kappa shape index (κ1) is 13.7. The molecule has 0 radical (unpaired) electrons. The van der Waals surface area contributed by atoms with Crippen molar-refractivity contribution >= 4 is 0 Å². The van der Waals surface area contributed by atoms with Crippen molar-refractivity contribution in [2.75, 3.05) is 14.2 Å². The number of phenols is 1. The summed E-state index contributed by atoms with van der Waals surface area (Å²) in [6.45, 7) is 0.306. The highest BCUT2D eigenvalue weighted by Gasteiger charge is 2.25. The van der Waals surface area contributed by atoms with Crippen LogP contribution in [0.2, 0.25) is 0 Å². The fourth-order valence-electron chi connectivity index (χ4n) is 2.63. The number of aliphatic hydroxyl groups is 1. The molecule has 5 nitrogen and oxygen atoms in total. The van der Waals surface area contributed by atoms with Gasteiger partial charge in [-0.05, 0) is 23.3 Å². The van der Waals surface area contributed by atoms with E-state index >= 15 is 0 Å². The smallest absolute Gasteiger partial charge is 0.203 e. The molecule has 21 heavy (non-hydrogen) atoms. The van der Waals surface area contributed by atoms with Crippen LogP contribution < -0.4 is 9.47 Å². The van der Waals surface area contributed by atoms with Crippen LogP contribution >= 0.6 is 0 Å². The lowest BCUT2D eigenvalue weighted by Gasteiger charge is -2.14. The van der Waals surface area contributed by atoms with Gasteiger partial charge in [-0.25, -0.2) is 0 Å². The zero-order chi connectivity index (χ0) is 15.0. The molecule has 2 aromatic rings. The number of benzene rings is 2. The second-order valence-electron chi connectivity index (χ2n) is 4.73. The zero-order valence-electron chi connectivity index (χ0n) is 11.8. The predicted octanol–water partition coefficient (Wildman–Crippen LogP) is 2.60. The first-order chi connectivity index (χ1) is 10.2. The van der Waals surface area contributed by atoms with E-state index in [1.807, 2.05) is 18.2 Å². The normalized spacial score (nSPS) is 16.6. The Morgan fingerprint density at radius 3 is 2.62 bits per heavy atom. The minimum absolute atomic E-state index is 0.00615. The summed E-state index contributed by atoms with van der Waals surface area (Å²) in [7, 11) is 2.99. The van der Waals surface area contributed by atoms with Crippen LogP contribution in [0.3, 0.4) is 0 Å². The van der Waals surface area contributed by atoms with E-state index in [0.717, 1.165) is 16.7 Å². The minimum Gasteiger partial charge on any atom is -0.504 e. The van der Waals surface area contributed by atoms with Crippen molar-refractivity contribution in [3.63, 3.8) is 0 Å². The molecule has 2 N–H and O–H groups in total. The Hall–Kier alpha value is -2.24. The monoisotopic (exact) mass is 288 g/mol. The first-order valence-electron chi connectivity index (χ1n) is 6.53. The average molecular weight is 288 g/mol. The zero-order valence-corrected chi connectivity index (χ0v) is 11.8. The van der Waals surface area contributed by atoms with Crippen LogP contribution in [0.25, 0.3) is 11.1 Å². The molecule has 0 saturated carbocycles. The molecular weight excluding hydrogens is 272 g/mol. The number of aliphatic hydroxyl groups excluding tert-OH is 1. The minimum atomic E-state index is -0.915. The number of ether oxygens (including phenoxy) is 3. The molecule has 0 saturated heterocycles. The summed E-state index contributed by atoms with van der Waals surface area (Å²) in [5.41, 5.74) is 3.01. The molecule has 5 heteroatoms. The third-order valence-electron chi connectivity index (χ3n) is 3.67. The van der Waals surface area contributed by atoms with Gasteiger partial charge in [0.1, 0.15) is 0 Å². The molecule has 1 atom stereocenters. The summed E-state index contributed by atoms with van der Waals surface area (Å²) >= 11 is 0. The fraction of sp³-hybridized carbons (Fsp3) is 0.250. The van der Waals surface area contributed by atoms with Crippen LogP contribution in [0.15, 0.2) is 30.3 Å². The van der Waals surface area contributed by atoms with Gasteiger partial charge >= 0.3 is 0 Å². The molecule has 3 rings (SSSR count). The first-order valence-corrected chi connectivity index (χ1v) is 6.53. The maximum Gasteiger partial charge on any atom is 0.203 e.